The van der Waals surface area contributed by atoms with Gasteiger partial charge >= 0.3 is 0 Å². The zero-order chi connectivity index (χ0) is 17.1. The van der Waals surface area contributed by atoms with Crippen molar-refractivity contribution in [3.8, 4) is 0 Å². The molecule has 0 radical (unpaired) electrons. The SMILES string of the molecule is O=C(/C=C/c1cc2ccccc2[nH]c1=O)c1cccc([N+](=O)[O-])c1. The van der Waals surface area contributed by atoms with Gasteiger partial charge in [0.05, 0.1) is 4.92 Å². The zero-order valence-electron chi connectivity index (χ0n) is 12.4. The van der Waals surface area contributed by atoms with E-state index in [1.165, 1.54) is 36.4 Å². The highest BCUT2D eigenvalue weighted by molar-refractivity contribution is 6.07. The van der Waals surface area contributed by atoms with Crippen molar-refractivity contribution >= 4 is 28.4 Å². The number of benzene rings is 2. The highest BCUT2D eigenvalue weighted by Gasteiger charge is 2.09. The van der Waals surface area contributed by atoms with Gasteiger partial charge in [-0.1, -0.05) is 30.3 Å². The Balaban J connectivity index is 1.92. The minimum Gasteiger partial charge on any atom is -0.321 e. The first-order valence-corrected chi connectivity index (χ1v) is 7.13. The lowest BCUT2D eigenvalue weighted by Gasteiger charge is -1.99. The standard InChI is InChI=1S/C18H12N2O4/c21-17(13-5-3-6-15(11-13)20(23)24)9-8-14-10-12-4-1-2-7-16(12)19-18(14)22/h1-11H,(H,19,22)/b9-8+. The Morgan fingerprint density at radius 2 is 1.88 bits per heavy atom. The molecule has 6 nitrogen and oxygen atoms in total. The Morgan fingerprint density at radius 3 is 2.67 bits per heavy atom. The fourth-order valence-electron chi connectivity index (χ4n) is 2.32. The Hall–Kier alpha value is -3.54. The number of aromatic amines is 1. The highest BCUT2D eigenvalue weighted by atomic mass is 16.6. The van der Waals surface area contributed by atoms with Gasteiger partial charge in [0.1, 0.15) is 0 Å². The Bertz CT molecular complexity index is 1030. The van der Waals surface area contributed by atoms with Crippen molar-refractivity contribution in [3.05, 3.63) is 92.3 Å². The summed E-state index contributed by atoms with van der Waals surface area (Å²) in [6, 6.07) is 14.5. The van der Waals surface area contributed by atoms with Crippen LogP contribution in [-0.4, -0.2) is 15.7 Å². The number of nitro groups is 1. The van der Waals surface area contributed by atoms with Crippen LogP contribution in [0.5, 0.6) is 0 Å². The number of aromatic nitrogens is 1. The maximum Gasteiger partial charge on any atom is 0.270 e. The summed E-state index contributed by atoms with van der Waals surface area (Å²) in [7, 11) is 0. The lowest BCUT2D eigenvalue weighted by Crippen LogP contribution is -2.09. The van der Waals surface area contributed by atoms with Crippen molar-refractivity contribution in [3.63, 3.8) is 0 Å². The molecule has 24 heavy (non-hydrogen) atoms. The van der Waals surface area contributed by atoms with Gasteiger partial charge in [-0.05, 0) is 29.7 Å². The second-order valence-electron chi connectivity index (χ2n) is 5.15. The number of hydrogen-bond donors (Lipinski definition) is 1. The molecule has 0 atom stereocenters. The third-order valence-corrected chi connectivity index (χ3v) is 3.54. The minimum atomic E-state index is -0.561. The normalized spacial score (nSPS) is 11.0. The van der Waals surface area contributed by atoms with Crippen LogP contribution >= 0.6 is 0 Å². The highest BCUT2D eigenvalue weighted by Crippen LogP contribution is 2.15. The van der Waals surface area contributed by atoms with Gasteiger partial charge in [-0.25, -0.2) is 0 Å². The smallest absolute Gasteiger partial charge is 0.270 e. The number of nitro benzene ring substituents is 1. The number of fused-ring (bicyclic) bond motifs is 1. The lowest BCUT2D eigenvalue weighted by atomic mass is 10.1. The maximum absolute atomic E-state index is 12.1. The van der Waals surface area contributed by atoms with Gasteiger partial charge in [-0.2, -0.15) is 0 Å². The monoisotopic (exact) mass is 320 g/mol. The summed E-state index contributed by atoms with van der Waals surface area (Å²) < 4.78 is 0. The molecule has 1 N–H and O–H groups in total. The predicted molar refractivity (Wildman–Crippen MR) is 91.0 cm³/mol. The summed E-state index contributed by atoms with van der Waals surface area (Å²) >= 11 is 0. The molecule has 1 aromatic heterocycles. The van der Waals surface area contributed by atoms with E-state index in [2.05, 4.69) is 4.98 Å². The maximum atomic E-state index is 12.1. The molecule has 0 amide bonds. The van der Waals surface area contributed by atoms with E-state index in [-0.39, 0.29) is 16.8 Å². The number of H-pyrrole nitrogens is 1. The molecule has 0 saturated heterocycles. The summed E-state index contributed by atoms with van der Waals surface area (Å²) in [5, 5.41) is 11.6. The summed E-state index contributed by atoms with van der Waals surface area (Å²) in [6.45, 7) is 0. The predicted octanol–water partition coefficient (Wildman–Crippen LogP) is 3.33. The molecule has 0 saturated carbocycles. The van der Waals surface area contributed by atoms with Crippen molar-refractivity contribution in [2.45, 2.75) is 0 Å². The number of rotatable bonds is 4. The van der Waals surface area contributed by atoms with E-state index in [1.54, 1.807) is 12.1 Å². The van der Waals surface area contributed by atoms with Crippen LogP contribution in [0, 0.1) is 10.1 Å². The zero-order valence-corrected chi connectivity index (χ0v) is 12.4. The van der Waals surface area contributed by atoms with Gasteiger partial charge in [-0.3, -0.25) is 19.7 Å². The van der Waals surface area contributed by atoms with E-state index in [1.807, 2.05) is 18.2 Å². The van der Waals surface area contributed by atoms with Crippen molar-refractivity contribution in [2.75, 3.05) is 0 Å². The third kappa shape index (κ3) is 3.12. The van der Waals surface area contributed by atoms with E-state index in [0.717, 1.165) is 5.39 Å². The number of nitrogens with zero attached hydrogens (tertiary/aromatic N) is 1. The lowest BCUT2D eigenvalue weighted by molar-refractivity contribution is -0.384. The van der Waals surface area contributed by atoms with E-state index in [0.29, 0.717) is 11.1 Å². The number of nitrogens with one attached hydrogen (secondary N) is 1. The van der Waals surface area contributed by atoms with Crippen LogP contribution in [0.4, 0.5) is 5.69 Å². The van der Waals surface area contributed by atoms with Gasteiger partial charge in [-0.15, -0.1) is 0 Å². The molecule has 0 bridgehead atoms. The molecule has 1 heterocycles. The van der Waals surface area contributed by atoms with Crippen LogP contribution in [0.2, 0.25) is 0 Å². The van der Waals surface area contributed by atoms with Crippen molar-refractivity contribution < 1.29 is 9.72 Å². The van der Waals surface area contributed by atoms with E-state index >= 15 is 0 Å². The van der Waals surface area contributed by atoms with Crippen LogP contribution in [0.25, 0.3) is 17.0 Å². The first-order chi connectivity index (χ1) is 11.5. The van der Waals surface area contributed by atoms with Crippen molar-refractivity contribution in [1.82, 2.24) is 4.98 Å². The second kappa shape index (κ2) is 6.29. The molecular formula is C18H12N2O4. The number of para-hydroxylation sites is 1. The number of allylic oxidation sites excluding steroid dienone is 1. The molecule has 118 valence electrons. The first kappa shape index (κ1) is 15.4. The molecule has 2 aromatic carbocycles. The Labute approximate surface area is 136 Å². The van der Waals surface area contributed by atoms with Crippen LogP contribution < -0.4 is 5.56 Å². The molecular weight excluding hydrogens is 308 g/mol. The van der Waals surface area contributed by atoms with E-state index in [9.17, 15) is 19.7 Å². The first-order valence-electron chi connectivity index (χ1n) is 7.13. The Kier molecular flexibility index (Phi) is 4.03. The molecule has 0 fully saturated rings. The second-order valence-corrected chi connectivity index (χ2v) is 5.15. The molecule has 6 heteroatoms. The number of carbonyl (C=O) groups excluding carboxylic acids is 1. The number of hydrogen-bond acceptors (Lipinski definition) is 4. The molecule has 0 unspecified atom stereocenters. The molecule has 0 aliphatic rings. The molecule has 0 aliphatic heterocycles. The molecule has 0 aliphatic carbocycles. The van der Waals surface area contributed by atoms with Crippen molar-refractivity contribution in [2.24, 2.45) is 0 Å². The molecule has 3 rings (SSSR count). The molecule has 0 spiro atoms. The average molecular weight is 320 g/mol. The Morgan fingerprint density at radius 1 is 1.08 bits per heavy atom. The summed E-state index contributed by atoms with van der Waals surface area (Å²) in [4.78, 5) is 37.1. The van der Waals surface area contributed by atoms with Gasteiger partial charge < -0.3 is 4.98 Å². The van der Waals surface area contributed by atoms with Crippen molar-refractivity contribution in [1.29, 1.82) is 0 Å². The minimum absolute atomic E-state index is 0.155. The van der Waals surface area contributed by atoms with Crippen LogP contribution in [0.15, 0.2) is 65.5 Å². The number of non-ortho nitro benzene ring substituents is 1. The van der Waals surface area contributed by atoms with Gasteiger partial charge in [0.25, 0.3) is 11.2 Å². The average Bonchev–Trinajstić information content (AvgIpc) is 2.59. The largest absolute Gasteiger partial charge is 0.321 e. The fourth-order valence-corrected chi connectivity index (χ4v) is 2.32. The summed E-state index contributed by atoms with van der Waals surface area (Å²) in [5.41, 5.74) is 0.782. The number of ketones is 1. The quantitative estimate of drug-likeness (QED) is 0.345. The summed E-state index contributed by atoms with van der Waals surface area (Å²) in [6.07, 6.45) is 2.64. The third-order valence-electron chi connectivity index (χ3n) is 3.54. The van der Waals surface area contributed by atoms with Gasteiger partial charge in [0, 0.05) is 28.8 Å². The number of pyridine rings is 1. The topological polar surface area (TPSA) is 93.1 Å². The van der Waals surface area contributed by atoms with E-state index < -0.39 is 10.7 Å². The van der Waals surface area contributed by atoms with Crippen LogP contribution in [0.3, 0.4) is 0 Å². The molecule has 3 aromatic rings. The van der Waals surface area contributed by atoms with Crippen LogP contribution in [0.1, 0.15) is 15.9 Å². The van der Waals surface area contributed by atoms with E-state index in [4.69, 9.17) is 0 Å². The van der Waals surface area contributed by atoms with Gasteiger partial charge in [0.2, 0.25) is 0 Å². The fraction of sp³-hybridized carbons (Fsp3) is 0. The number of carbonyl (C=O) groups is 1. The summed E-state index contributed by atoms with van der Waals surface area (Å²) in [5.74, 6) is -0.411. The van der Waals surface area contributed by atoms with Crippen LogP contribution in [-0.2, 0) is 0 Å². The van der Waals surface area contributed by atoms with Gasteiger partial charge in [0.15, 0.2) is 5.78 Å².